The van der Waals surface area contributed by atoms with Gasteiger partial charge in [0.05, 0.1) is 0 Å². The smallest absolute Gasteiger partial charge is 1.00 e. The predicted octanol–water partition coefficient (Wildman–Crippen LogP) is -4.43. The number of fused-ring (bicyclic) bond motifs is 6. The molecule has 3 aromatic rings. The van der Waals surface area contributed by atoms with Crippen molar-refractivity contribution in [3.8, 4) is 0 Å². The number of hydrogen-bond donors (Lipinski definition) is 0. The molecule has 105 valence electrons. The molecule has 0 spiro atoms. The van der Waals surface area contributed by atoms with E-state index in [0.717, 1.165) is 6.42 Å². The van der Waals surface area contributed by atoms with Crippen molar-refractivity contribution in [3.63, 3.8) is 0 Å². The minimum absolute atomic E-state index is 0. The van der Waals surface area contributed by atoms with E-state index in [0.29, 0.717) is 0 Å². The molecule has 0 nitrogen and oxygen atoms in total. The van der Waals surface area contributed by atoms with Crippen LogP contribution >= 0.6 is 0 Å². The van der Waals surface area contributed by atoms with Gasteiger partial charge in [0.1, 0.15) is 0 Å². The SMILES string of the molecule is C1=Cc2c(c3ccccc3c3ccccc23)C1.[Cl-].[Cl-].[Cl-].[Ti+3]. The predicted molar refractivity (Wildman–Crippen MR) is 74.2 cm³/mol. The van der Waals surface area contributed by atoms with Crippen LogP contribution in [-0.4, -0.2) is 0 Å². The summed E-state index contributed by atoms with van der Waals surface area (Å²) in [5.74, 6) is 0. The van der Waals surface area contributed by atoms with E-state index in [1.165, 1.54) is 32.7 Å². The molecule has 0 bridgehead atoms. The monoisotopic (exact) mass is 369 g/mol. The summed E-state index contributed by atoms with van der Waals surface area (Å²) in [4.78, 5) is 0. The van der Waals surface area contributed by atoms with E-state index in [2.05, 4.69) is 60.7 Å². The first-order valence-corrected chi connectivity index (χ1v) is 6.04. The summed E-state index contributed by atoms with van der Waals surface area (Å²) in [6, 6.07) is 17.5. The zero-order chi connectivity index (χ0) is 11.2. The number of hydrogen-bond acceptors (Lipinski definition) is 0. The standard InChI is InChI=1S/C17H12.3ClH.Ti/c1-3-8-14-12(6-1)13-7-2-4-9-15(13)17-11-5-10-16(14)17;;;;/h1-10H,11H2;3*1H;/q;;;;+3/p-3. The van der Waals surface area contributed by atoms with Crippen molar-refractivity contribution >= 4 is 27.6 Å². The van der Waals surface area contributed by atoms with E-state index in [-0.39, 0.29) is 58.9 Å². The third kappa shape index (κ3) is 3.16. The molecule has 1 radical (unpaired) electrons. The maximum atomic E-state index is 2.27. The molecule has 0 heterocycles. The van der Waals surface area contributed by atoms with Crippen LogP contribution < -0.4 is 37.2 Å². The van der Waals surface area contributed by atoms with Crippen molar-refractivity contribution in [1.82, 2.24) is 0 Å². The van der Waals surface area contributed by atoms with Crippen LogP contribution in [0.15, 0.2) is 54.6 Å². The van der Waals surface area contributed by atoms with Gasteiger partial charge in [-0.2, -0.15) is 0 Å². The number of benzene rings is 3. The van der Waals surface area contributed by atoms with Crippen molar-refractivity contribution in [2.75, 3.05) is 0 Å². The Bertz CT molecular complexity index is 781. The van der Waals surface area contributed by atoms with E-state index >= 15 is 0 Å². The second-order valence-electron chi connectivity index (χ2n) is 4.59. The molecule has 0 atom stereocenters. The average molecular weight is 371 g/mol. The fourth-order valence-corrected chi connectivity index (χ4v) is 2.95. The molecular formula is C17H12Cl3Ti. The van der Waals surface area contributed by atoms with E-state index in [4.69, 9.17) is 0 Å². The van der Waals surface area contributed by atoms with Crippen molar-refractivity contribution in [2.24, 2.45) is 0 Å². The normalized spacial score (nSPS) is 10.9. The largest absolute Gasteiger partial charge is 3.00 e. The van der Waals surface area contributed by atoms with Crippen LogP contribution in [0.25, 0.3) is 27.6 Å². The van der Waals surface area contributed by atoms with Gasteiger partial charge in [-0.05, 0) is 39.1 Å². The Hall–Kier alpha value is -0.496. The summed E-state index contributed by atoms with van der Waals surface area (Å²) in [5.41, 5.74) is 2.90. The molecule has 1 aliphatic carbocycles. The van der Waals surface area contributed by atoms with E-state index in [9.17, 15) is 0 Å². The van der Waals surface area contributed by atoms with Crippen molar-refractivity contribution in [2.45, 2.75) is 6.42 Å². The summed E-state index contributed by atoms with van der Waals surface area (Å²) >= 11 is 0. The van der Waals surface area contributed by atoms with Gasteiger partial charge in [0.25, 0.3) is 0 Å². The molecule has 0 aromatic heterocycles. The summed E-state index contributed by atoms with van der Waals surface area (Å²) < 4.78 is 0. The first kappa shape index (κ1) is 20.5. The second kappa shape index (κ2) is 8.22. The minimum Gasteiger partial charge on any atom is -1.00 e. The van der Waals surface area contributed by atoms with E-state index in [1.807, 2.05) is 0 Å². The third-order valence-electron chi connectivity index (χ3n) is 3.69. The van der Waals surface area contributed by atoms with Gasteiger partial charge in [-0.25, -0.2) is 0 Å². The molecule has 0 fully saturated rings. The quantitative estimate of drug-likeness (QED) is 0.277. The topological polar surface area (TPSA) is 0 Å². The molecule has 4 heteroatoms. The van der Waals surface area contributed by atoms with Gasteiger partial charge in [0.2, 0.25) is 0 Å². The van der Waals surface area contributed by atoms with Gasteiger partial charge in [-0.15, -0.1) is 0 Å². The molecular weight excluding hydrogens is 358 g/mol. The molecule has 1 aliphatic rings. The number of rotatable bonds is 0. The van der Waals surface area contributed by atoms with Gasteiger partial charge in [-0.3, -0.25) is 0 Å². The van der Waals surface area contributed by atoms with Gasteiger partial charge < -0.3 is 37.2 Å². The van der Waals surface area contributed by atoms with Crippen LogP contribution in [0.4, 0.5) is 0 Å². The Kier molecular flexibility index (Phi) is 8.03. The first-order chi connectivity index (χ1) is 8.45. The average Bonchev–Trinajstić information content (AvgIpc) is 2.89. The molecule has 0 saturated carbocycles. The van der Waals surface area contributed by atoms with E-state index < -0.39 is 0 Å². The van der Waals surface area contributed by atoms with Crippen LogP contribution in [0, 0.1) is 0 Å². The van der Waals surface area contributed by atoms with Gasteiger partial charge in [0.15, 0.2) is 0 Å². The minimum atomic E-state index is 0. The summed E-state index contributed by atoms with van der Waals surface area (Å²) in [5, 5.41) is 5.54. The number of halogens is 3. The molecule has 0 saturated heterocycles. The molecule has 4 rings (SSSR count). The fourth-order valence-electron chi connectivity index (χ4n) is 2.95. The summed E-state index contributed by atoms with van der Waals surface area (Å²) in [6.45, 7) is 0. The Balaban J connectivity index is 0.000001000. The first-order valence-electron chi connectivity index (χ1n) is 6.04. The molecule has 3 aromatic carbocycles. The Labute approximate surface area is 158 Å². The van der Waals surface area contributed by atoms with Crippen molar-refractivity contribution in [3.05, 3.63) is 65.7 Å². The van der Waals surface area contributed by atoms with Gasteiger partial charge in [0, 0.05) is 0 Å². The van der Waals surface area contributed by atoms with Crippen LogP contribution in [0.5, 0.6) is 0 Å². The summed E-state index contributed by atoms with van der Waals surface area (Å²) in [7, 11) is 0. The molecule has 0 aliphatic heterocycles. The molecule has 0 N–H and O–H groups in total. The maximum absolute atomic E-state index is 2.27. The van der Waals surface area contributed by atoms with Crippen LogP contribution in [0.3, 0.4) is 0 Å². The van der Waals surface area contributed by atoms with E-state index in [1.54, 1.807) is 0 Å². The van der Waals surface area contributed by atoms with Gasteiger partial charge in [-0.1, -0.05) is 60.7 Å². The third-order valence-corrected chi connectivity index (χ3v) is 3.69. The Morgan fingerprint density at radius 3 is 1.71 bits per heavy atom. The fraction of sp³-hybridized carbons (Fsp3) is 0.0588. The Morgan fingerprint density at radius 1 is 0.619 bits per heavy atom. The molecule has 0 unspecified atom stereocenters. The zero-order valence-corrected chi connectivity index (χ0v) is 14.9. The molecule has 21 heavy (non-hydrogen) atoms. The van der Waals surface area contributed by atoms with Crippen LogP contribution in [-0.2, 0) is 28.1 Å². The maximum Gasteiger partial charge on any atom is 3.00 e. The second-order valence-corrected chi connectivity index (χ2v) is 4.59. The van der Waals surface area contributed by atoms with Gasteiger partial charge >= 0.3 is 21.7 Å². The Morgan fingerprint density at radius 2 is 1.10 bits per heavy atom. The van der Waals surface area contributed by atoms with Crippen LogP contribution in [0.1, 0.15) is 11.1 Å². The summed E-state index contributed by atoms with van der Waals surface area (Å²) in [6.07, 6.45) is 5.61. The van der Waals surface area contributed by atoms with Crippen molar-refractivity contribution < 1.29 is 58.9 Å². The molecule has 0 amide bonds. The van der Waals surface area contributed by atoms with Crippen LogP contribution in [0.2, 0.25) is 0 Å². The number of allylic oxidation sites excluding steroid dienone is 1. The zero-order valence-electron chi connectivity index (χ0n) is 11.1. The van der Waals surface area contributed by atoms with Crippen molar-refractivity contribution in [1.29, 1.82) is 0 Å².